The molecule has 2 rings (SSSR count). The van der Waals surface area contributed by atoms with Gasteiger partial charge in [-0.1, -0.05) is 13.3 Å². The molecule has 2 heterocycles. The molecule has 0 spiro atoms. The average molecular weight is 191 g/mol. The quantitative estimate of drug-likeness (QED) is 0.757. The minimum Gasteiger partial charge on any atom is -0.504 e. The van der Waals surface area contributed by atoms with Gasteiger partial charge < -0.3 is 10.8 Å². The predicted molar refractivity (Wildman–Crippen MR) is 55.3 cm³/mol. The lowest BCUT2D eigenvalue weighted by molar-refractivity contribution is 0.477. The zero-order valence-corrected chi connectivity index (χ0v) is 8.07. The molecule has 2 aromatic rings. The molecule has 0 bridgehead atoms. The summed E-state index contributed by atoms with van der Waals surface area (Å²) < 4.78 is 1.84. The Morgan fingerprint density at radius 3 is 3.07 bits per heavy atom. The van der Waals surface area contributed by atoms with Crippen LogP contribution in [0, 0.1) is 0 Å². The molecule has 74 valence electrons. The number of hydrogen-bond donors (Lipinski definition) is 2. The zero-order valence-electron chi connectivity index (χ0n) is 8.07. The molecule has 0 aliphatic carbocycles. The molecule has 2 aromatic heterocycles. The van der Waals surface area contributed by atoms with Crippen LogP contribution < -0.4 is 5.73 Å². The summed E-state index contributed by atoms with van der Waals surface area (Å²) >= 11 is 0. The third kappa shape index (κ3) is 1.19. The van der Waals surface area contributed by atoms with Gasteiger partial charge in [0, 0.05) is 6.20 Å². The highest BCUT2D eigenvalue weighted by Crippen LogP contribution is 2.22. The van der Waals surface area contributed by atoms with Gasteiger partial charge >= 0.3 is 0 Å². The number of rotatable bonds is 2. The highest BCUT2D eigenvalue weighted by Gasteiger charge is 2.10. The van der Waals surface area contributed by atoms with Gasteiger partial charge in [0.25, 0.3) is 0 Å². The molecule has 0 amide bonds. The van der Waals surface area contributed by atoms with Gasteiger partial charge in [-0.25, -0.2) is 4.98 Å². The summed E-state index contributed by atoms with van der Waals surface area (Å²) in [6.45, 7) is 2.08. The number of hydrogen-bond acceptors (Lipinski definition) is 3. The predicted octanol–water partition coefficient (Wildman–Crippen LogP) is 1.57. The highest BCUT2D eigenvalue weighted by atomic mass is 16.3. The Hall–Kier alpha value is -1.71. The molecule has 0 radical (unpaired) electrons. The van der Waals surface area contributed by atoms with Gasteiger partial charge in [-0.3, -0.25) is 4.40 Å². The number of nitrogen functional groups attached to an aromatic ring is 1. The van der Waals surface area contributed by atoms with E-state index in [0.717, 1.165) is 18.5 Å². The van der Waals surface area contributed by atoms with Gasteiger partial charge in [-0.05, 0) is 18.6 Å². The monoisotopic (exact) mass is 191 g/mol. The maximum atomic E-state index is 9.54. The number of nitrogens with zero attached hydrogens (tertiary/aromatic N) is 2. The third-order valence-corrected chi connectivity index (χ3v) is 2.25. The van der Waals surface area contributed by atoms with Crippen LogP contribution in [0.15, 0.2) is 18.3 Å². The van der Waals surface area contributed by atoms with E-state index in [1.54, 1.807) is 12.1 Å². The zero-order chi connectivity index (χ0) is 10.1. The van der Waals surface area contributed by atoms with Crippen molar-refractivity contribution in [2.45, 2.75) is 19.8 Å². The lowest BCUT2D eigenvalue weighted by Gasteiger charge is -2.00. The fourth-order valence-electron chi connectivity index (χ4n) is 1.61. The Labute approximate surface area is 82.0 Å². The van der Waals surface area contributed by atoms with Crippen LogP contribution >= 0.6 is 0 Å². The van der Waals surface area contributed by atoms with E-state index in [1.165, 1.54) is 0 Å². The van der Waals surface area contributed by atoms with Gasteiger partial charge in [0.1, 0.15) is 5.82 Å². The fourth-order valence-corrected chi connectivity index (χ4v) is 1.61. The Bertz CT molecular complexity index is 462. The van der Waals surface area contributed by atoms with Crippen LogP contribution in [-0.2, 0) is 6.42 Å². The number of imidazole rings is 1. The first-order chi connectivity index (χ1) is 6.74. The van der Waals surface area contributed by atoms with E-state index in [4.69, 9.17) is 5.73 Å². The fraction of sp³-hybridized carbons (Fsp3) is 0.300. The molecule has 4 nitrogen and oxygen atoms in total. The molecule has 0 saturated carbocycles. The molecule has 4 heteroatoms. The lowest BCUT2D eigenvalue weighted by atomic mass is 10.2. The summed E-state index contributed by atoms with van der Waals surface area (Å²) in [5, 5.41) is 9.54. The second-order valence-electron chi connectivity index (χ2n) is 3.28. The standard InChI is InChI=1S/C10H13N3O/c1-2-4-7-9(11)12-10-8(14)5-3-6-13(7)10/h3,5-6,14H,2,4,11H2,1H3. The van der Waals surface area contributed by atoms with E-state index in [2.05, 4.69) is 11.9 Å². The molecule has 0 aliphatic rings. The smallest absolute Gasteiger partial charge is 0.181 e. The Morgan fingerprint density at radius 2 is 2.36 bits per heavy atom. The van der Waals surface area contributed by atoms with Crippen molar-refractivity contribution in [3.63, 3.8) is 0 Å². The third-order valence-electron chi connectivity index (χ3n) is 2.25. The summed E-state index contributed by atoms with van der Waals surface area (Å²) in [6, 6.07) is 3.39. The van der Waals surface area contributed by atoms with Crippen LogP contribution in [-0.4, -0.2) is 14.5 Å². The van der Waals surface area contributed by atoms with Crippen molar-refractivity contribution < 1.29 is 5.11 Å². The van der Waals surface area contributed by atoms with Crippen molar-refractivity contribution in [3.8, 4) is 5.75 Å². The second-order valence-corrected chi connectivity index (χ2v) is 3.28. The van der Waals surface area contributed by atoms with Crippen molar-refractivity contribution >= 4 is 11.5 Å². The number of aryl methyl sites for hydroxylation is 1. The number of aromatic nitrogens is 2. The Morgan fingerprint density at radius 1 is 1.57 bits per heavy atom. The minimum absolute atomic E-state index is 0.168. The normalized spacial score (nSPS) is 10.9. The highest BCUT2D eigenvalue weighted by molar-refractivity contribution is 5.59. The average Bonchev–Trinajstić information content (AvgIpc) is 2.47. The first-order valence-electron chi connectivity index (χ1n) is 4.68. The van der Waals surface area contributed by atoms with E-state index in [0.29, 0.717) is 11.5 Å². The van der Waals surface area contributed by atoms with E-state index in [9.17, 15) is 5.11 Å². The van der Waals surface area contributed by atoms with E-state index < -0.39 is 0 Å². The number of anilines is 1. The molecule has 0 aliphatic heterocycles. The Kier molecular flexibility index (Phi) is 2.04. The summed E-state index contributed by atoms with van der Waals surface area (Å²) in [4.78, 5) is 4.12. The first kappa shape index (κ1) is 8.87. The summed E-state index contributed by atoms with van der Waals surface area (Å²) in [5.41, 5.74) is 7.27. The van der Waals surface area contributed by atoms with Crippen LogP contribution in [0.5, 0.6) is 5.75 Å². The van der Waals surface area contributed by atoms with Crippen LogP contribution in [0.4, 0.5) is 5.82 Å². The lowest BCUT2D eigenvalue weighted by Crippen LogP contribution is -1.95. The summed E-state index contributed by atoms with van der Waals surface area (Å²) in [7, 11) is 0. The van der Waals surface area contributed by atoms with Gasteiger partial charge in [-0.15, -0.1) is 0 Å². The van der Waals surface area contributed by atoms with Gasteiger partial charge in [-0.2, -0.15) is 0 Å². The topological polar surface area (TPSA) is 63.5 Å². The number of nitrogens with two attached hydrogens (primary N) is 1. The maximum absolute atomic E-state index is 9.54. The molecule has 0 fully saturated rings. The molecule has 14 heavy (non-hydrogen) atoms. The molecule has 0 saturated heterocycles. The van der Waals surface area contributed by atoms with Crippen molar-refractivity contribution in [2.24, 2.45) is 0 Å². The van der Waals surface area contributed by atoms with Crippen LogP contribution in [0.2, 0.25) is 0 Å². The van der Waals surface area contributed by atoms with Crippen molar-refractivity contribution in [1.82, 2.24) is 9.38 Å². The SMILES string of the molecule is CCCc1c(N)nc2c(O)cccn12. The van der Waals surface area contributed by atoms with E-state index in [-0.39, 0.29) is 5.75 Å². The molecular weight excluding hydrogens is 178 g/mol. The van der Waals surface area contributed by atoms with E-state index in [1.807, 2.05) is 10.6 Å². The number of fused-ring (bicyclic) bond motifs is 1. The van der Waals surface area contributed by atoms with E-state index >= 15 is 0 Å². The molecule has 0 atom stereocenters. The molecule has 0 aromatic carbocycles. The van der Waals surface area contributed by atoms with Gasteiger partial charge in [0.05, 0.1) is 5.69 Å². The molecular formula is C10H13N3O. The number of aromatic hydroxyl groups is 1. The Balaban J connectivity index is 2.70. The van der Waals surface area contributed by atoms with Gasteiger partial charge in [0.2, 0.25) is 0 Å². The van der Waals surface area contributed by atoms with Gasteiger partial charge in [0.15, 0.2) is 11.4 Å². The van der Waals surface area contributed by atoms with Crippen molar-refractivity contribution in [2.75, 3.05) is 5.73 Å². The van der Waals surface area contributed by atoms with Crippen LogP contribution in [0.1, 0.15) is 19.0 Å². The summed E-state index contributed by atoms with van der Waals surface area (Å²) in [6.07, 6.45) is 3.74. The maximum Gasteiger partial charge on any atom is 0.181 e. The van der Waals surface area contributed by atoms with Crippen molar-refractivity contribution in [3.05, 3.63) is 24.0 Å². The summed E-state index contributed by atoms with van der Waals surface area (Å²) in [5.74, 6) is 0.676. The van der Waals surface area contributed by atoms with Crippen LogP contribution in [0.3, 0.4) is 0 Å². The molecule has 0 unspecified atom stereocenters. The first-order valence-corrected chi connectivity index (χ1v) is 4.68. The second kappa shape index (κ2) is 3.21. The van der Waals surface area contributed by atoms with Crippen molar-refractivity contribution in [1.29, 1.82) is 0 Å². The minimum atomic E-state index is 0.168. The largest absolute Gasteiger partial charge is 0.504 e. The number of pyridine rings is 1. The van der Waals surface area contributed by atoms with Crippen LogP contribution in [0.25, 0.3) is 5.65 Å². The molecule has 3 N–H and O–H groups in total.